The van der Waals surface area contributed by atoms with E-state index in [0.717, 1.165) is 10.5 Å². The Kier molecular flexibility index (Phi) is 5.14. The first-order valence-corrected chi connectivity index (χ1v) is 9.89. The minimum Gasteiger partial charge on any atom is -0.337 e. The third-order valence-electron chi connectivity index (χ3n) is 5.08. The second-order valence-electron chi connectivity index (χ2n) is 8.27. The van der Waals surface area contributed by atoms with E-state index in [0.29, 0.717) is 17.0 Å². The van der Waals surface area contributed by atoms with E-state index in [4.69, 9.17) is 4.52 Å². The second kappa shape index (κ2) is 7.79. The summed E-state index contributed by atoms with van der Waals surface area (Å²) in [7, 11) is 0. The molecule has 0 radical (unpaired) electrons. The largest absolute Gasteiger partial charge is 0.337 e. The molecule has 3 aromatic rings. The summed E-state index contributed by atoms with van der Waals surface area (Å²) in [5.74, 6) is -0.623. The first-order valence-electron chi connectivity index (χ1n) is 9.89. The fourth-order valence-electron chi connectivity index (χ4n) is 3.46. The number of nitrogens with zero attached hydrogens (tertiary/aromatic N) is 4. The van der Waals surface area contributed by atoms with Crippen LogP contribution in [0.4, 0.5) is 0 Å². The number of fused-ring (bicyclic) bond motifs is 1. The molecular weight excluding hydrogens is 396 g/mol. The van der Waals surface area contributed by atoms with Gasteiger partial charge in [0.1, 0.15) is 13.1 Å². The SMILES string of the molecule is CC(C)(C)N(Cc1nc(-c2ccccc2)no1)C(=O)CN1C(=O)c2ccccc2C1=O. The Bertz CT molecular complexity index is 1110. The minimum absolute atomic E-state index is 0.0608. The van der Waals surface area contributed by atoms with Crippen molar-refractivity contribution in [3.05, 3.63) is 71.6 Å². The lowest BCUT2D eigenvalue weighted by Crippen LogP contribution is -2.50. The normalized spacial score (nSPS) is 13.5. The molecule has 0 atom stereocenters. The smallest absolute Gasteiger partial charge is 0.262 e. The molecule has 1 aromatic heterocycles. The highest BCUT2D eigenvalue weighted by Gasteiger charge is 2.38. The Morgan fingerprint density at radius 2 is 1.55 bits per heavy atom. The van der Waals surface area contributed by atoms with Crippen molar-refractivity contribution in [3.8, 4) is 11.4 Å². The predicted molar refractivity (Wildman–Crippen MR) is 112 cm³/mol. The van der Waals surface area contributed by atoms with Crippen LogP contribution >= 0.6 is 0 Å². The van der Waals surface area contributed by atoms with Gasteiger partial charge in [-0.3, -0.25) is 19.3 Å². The van der Waals surface area contributed by atoms with Crippen LogP contribution in [0.3, 0.4) is 0 Å². The number of imide groups is 1. The van der Waals surface area contributed by atoms with Crippen molar-refractivity contribution >= 4 is 17.7 Å². The molecule has 2 heterocycles. The molecule has 0 unspecified atom stereocenters. The lowest BCUT2D eigenvalue weighted by Gasteiger charge is -2.35. The highest BCUT2D eigenvalue weighted by Crippen LogP contribution is 2.24. The lowest BCUT2D eigenvalue weighted by molar-refractivity contribution is -0.137. The van der Waals surface area contributed by atoms with Gasteiger partial charge >= 0.3 is 0 Å². The van der Waals surface area contributed by atoms with Crippen molar-refractivity contribution in [1.29, 1.82) is 0 Å². The average molecular weight is 418 g/mol. The fraction of sp³-hybridized carbons (Fsp3) is 0.261. The topological polar surface area (TPSA) is 96.6 Å². The maximum atomic E-state index is 13.2. The number of aromatic nitrogens is 2. The molecular formula is C23H22N4O4. The zero-order valence-corrected chi connectivity index (χ0v) is 17.5. The summed E-state index contributed by atoms with van der Waals surface area (Å²) >= 11 is 0. The van der Waals surface area contributed by atoms with E-state index in [-0.39, 0.29) is 24.9 Å². The van der Waals surface area contributed by atoms with E-state index < -0.39 is 17.4 Å². The molecule has 31 heavy (non-hydrogen) atoms. The van der Waals surface area contributed by atoms with Gasteiger partial charge < -0.3 is 9.42 Å². The number of benzene rings is 2. The van der Waals surface area contributed by atoms with E-state index in [2.05, 4.69) is 10.1 Å². The molecule has 8 nitrogen and oxygen atoms in total. The number of carbonyl (C=O) groups excluding carboxylic acids is 3. The zero-order chi connectivity index (χ0) is 22.2. The monoisotopic (exact) mass is 418 g/mol. The Morgan fingerprint density at radius 1 is 0.968 bits per heavy atom. The highest BCUT2D eigenvalue weighted by molar-refractivity contribution is 6.22. The molecule has 8 heteroatoms. The molecule has 0 N–H and O–H groups in total. The van der Waals surface area contributed by atoms with E-state index in [1.165, 1.54) is 4.90 Å². The van der Waals surface area contributed by atoms with Gasteiger partial charge in [0.2, 0.25) is 17.6 Å². The molecule has 0 aliphatic carbocycles. The van der Waals surface area contributed by atoms with Crippen LogP contribution in [0.25, 0.3) is 11.4 Å². The van der Waals surface area contributed by atoms with Crippen LogP contribution in [0.5, 0.6) is 0 Å². The summed E-state index contributed by atoms with van der Waals surface area (Å²) in [6, 6.07) is 15.9. The van der Waals surface area contributed by atoms with Gasteiger partial charge in [0.25, 0.3) is 11.8 Å². The maximum Gasteiger partial charge on any atom is 0.262 e. The number of rotatable bonds is 5. The predicted octanol–water partition coefficient (Wildman–Crippen LogP) is 3.16. The molecule has 0 saturated carbocycles. The Balaban J connectivity index is 1.53. The van der Waals surface area contributed by atoms with Crippen LogP contribution < -0.4 is 0 Å². The average Bonchev–Trinajstić information content (AvgIpc) is 3.31. The van der Waals surface area contributed by atoms with Crippen molar-refractivity contribution < 1.29 is 18.9 Å². The molecule has 2 aromatic carbocycles. The second-order valence-corrected chi connectivity index (χ2v) is 8.27. The van der Waals surface area contributed by atoms with Gasteiger partial charge in [-0.25, -0.2) is 0 Å². The Hall–Kier alpha value is -3.81. The molecule has 0 bridgehead atoms. The summed E-state index contributed by atoms with van der Waals surface area (Å²) in [6.07, 6.45) is 0. The van der Waals surface area contributed by atoms with Crippen molar-refractivity contribution in [2.24, 2.45) is 0 Å². The lowest BCUT2D eigenvalue weighted by atomic mass is 10.1. The summed E-state index contributed by atoms with van der Waals surface area (Å²) in [5.41, 5.74) is 0.827. The molecule has 1 aliphatic rings. The Labute approximate surface area is 179 Å². The van der Waals surface area contributed by atoms with Gasteiger partial charge in [0.05, 0.1) is 11.1 Å². The Morgan fingerprint density at radius 3 is 2.13 bits per heavy atom. The van der Waals surface area contributed by atoms with E-state index in [9.17, 15) is 14.4 Å². The first kappa shape index (κ1) is 20.5. The molecule has 0 saturated heterocycles. The van der Waals surface area contributed by atoms with Crippen LogP contribution in [-0.2, 0) is 11.3 Å². The maximum absolute atomic E-state index is 13.2. The third kappa shape index (κ3) is 3.96. The highest BCUT2D eigenvalue weighted by atomic mass is 16.5. The van der Waals surface area contributed by atoms with Crippen LogP contribution in [0, 0.1) is 0 Å². The fourth-order valence-corrected chi connectivity index (χ4v) is 3.46. The van der Waals surface area contributed by atoms with Crippen LogP contribution in [0.1, 0.15) is 47.4 Å². The van der Waals surface area contributed by atoms with Gasteiger partial charge in [-0.15, -0.1) is 0 Å². The van der Waals surface area contributed by atoms with Gasteiger partial charge in [-0.1, -0.05) is 47.6 Å². The van der Waals surface area contributed by atoms with E-state index in [1.54, 1.807) is 24.3 Å². The molecule has 0 fully saturated rings. The van der Waals surface area contributed by atoms with Crippen molar-refractivity contribution in [1.82, 2.24) is 19.9 Å². The van der Waals surface area contributed by atoms with E-state index >= 15 is 0 Å². The number of carbonyl (C=O) groups is 3. The number of hydrogen-bond acceptors (Lipinski definition) is 6. The van der Waals surface area contributed by atoms with Gasteiger partial charge in [-0.05, 0) is 32.9 Å². The van der Waals surface area contributed by atoms with E-state index in [1.807, 2.05) is 51.1 Å². The first-order chi connectivity index (χ1) is 14.8. The minimum atomic E-state index is -0.600. The molecule has 0 spiro atoms. The summed E-state index contributed by atoms with van der Waals surface area (Å²) < 4.78 is 5.36. The zero-order valence-electron chi connectivity index (χ0n) is 17.5. The third-order valence-corrected chi connectivity index (χ3v) is 5.08. The van der Waals surface area contributed by atoms with Crippen LogP contribution in [-0.4, -0.2) is 49.7 Å². The number of hydrogen-bond donors (Lipinski definition) is 0. The molecule has 4 rings (SSSR count). The van der Waals surface area contributed by atoms with Crippen LogP contribution in [0.2, 0.25) is 0 Å². The van der Waals surface area contributed by atoms with Gasteiger partial charge in [0, 0.05) is 11.1 Å². The van der Waals surface area contributed by atoms with Gasteiger partial charge in [-0.2, -0.15) is 4.98 Å². The van der Waals surface area contributed by atoms with Crippen molar-refractivity contribution in [3.63, 3.8) is 0 Å². The standard InChI is InChI=1S/C23H22N4O4/c1-23(2,3)27(13-18-24-20(25-31-18)15-9-5-4-6-10-15)19(28)14-26-21(29)16-11-7-8-12-17(16)22(26)30/h4-12H,13-14H2,1-3H3. The van der Waals surface area contributed by atoms with Crippen molar-refractivity contribution in [2.45, 2.75) is 32.9 Å². The summed E-state index contributed by atoms with van der Waals surface area (Å²) in [6.45, 7) is 5.29. The molecule has 3 amide bonds. The molecule has 158 valence electrons. The van der Waals surface area contributed by atoms with Crippen molar-refractivity contribution in [2.75, 3.05) is 6.54 Å². The number of amides is 3. The molecule has 1 aliphatic heterocycles. The summed E-state index contributed by atoms with van der Waals surface area (Å²) in [4.78, 5) is 45.3. The quantitative estimate of drug-likeness (QED) is 0.591. The van der Waals surface area contributed by atoms with Gasteiger partial charge in [0.15, 0.2) is 0 Å². The summed E-state index contributed by atoms with van der Waals surface area (Å²) in [5, 5.41) is 3.99. The van der Waals surface area contributed by atoms with Crippen LogP contribution in [0.15, 0.2) is 59.1 Å².